The largest absolute Gasteiger partial charge is 0.469 e. The molecule has 0 saturated carbocycles. The Bertz CT molecular complexity index is 666. The standard InChI is InChI=1S/C16H18N4O4/c1-17-11-3-5-12(6-4-11)20-10-8-13(15(20)22)19-16(23)18-9-7-14(21)24-2/h3-6,13H,7-10H2,2H3,(H2,18,19,23). The van der Waals surface area contributed by atoms with Crippen molar-refractivity contribution in [3.8, 4) is 0 Å². The van der Waals surface area contributed by atoms with Crippen molar-refractivity contribution in [2.24, 2.45) is 0 Å². The molecule has 1 heterocycles. The number of hydrogen-bond donors (Lipinski definition) is 2. The number of amides is 3. The van der Waals surface area contributed by atoms with Crippen LogP contribution in [-0.2, 0) is 14.3 Å². The number of urea groups is 1. The van der Waals surface area contributed by atoms with Crippen LogP contribution in [-0.4, -0.2) is 44.1 Å². The smallest absolute Gasteiger partial charge is 0.315 e. The number of anilines is 1. The van der Waals surface area contributed by atoms with Gasteiger partial charge in [-0.25, -0.2) is 9.64 Å². The molecule has 2 rings (SSSR count). The quantitative estimate of drug-likeness (QED) is 0.627. The second kappa shape index (κ2) is 7.97. The maximum absolute atomic E-state index is 12.4. The lowest BCUT2D eigenvalue weighted by atomic mass is 10.2. The Hall–Kier alpha value is -3.08. The average molecular weight is 330 g/mol. The van der Waals surface area contributed by atoms with E-state index in [1.165, 1.54) is 7.11 Å². The molecule has 1 fully saturated rings. The van der Waals surface area contributed by atoms with Crippen molar-refractivity contribution in [1.29, 1.82) is 0 Å². The van der Waals surface area contributed by atoms with Crippen LogP contribution in [0, 0.1) is 6.57 Å². The van der Waals surface area contributed by atoms with Gasteiger partial charge < -0.3 is 20.3 Å². The van der Waals surface area contributed by atoms with Gasteiger partial charge in [0.15, 0.2) is 5.69 Å². The Morgan fingerprint density at radius 3 is 2.71 bits per heavy atom. The number of hydrogen-bond acceptors (Lipinski definition) is 4. The third-order valence-electron chi connectivity index (χ3n) is 3.64. The van der Waals surface area contributed by atoms with Gasteiger partial charge in [-0.15, -0.1) is 0 Å². The zero-order valence-corrected chi connectivity index (χ0v) is 13.2. The number of nitrogens with zero attached hydrogens (tertiary/aromatic N) is 2. The SMILES string of the molecule is [C-]#[N+]c1ccc(N2CCC(NC(=O)NCCC(=O)OC)C2=O)cc1. The molecular weight excluding hydrogens is 312 g/mol. The van der Waals surface area contributed by atoms with E-state index in [0.29, 0.717) is 24.3 Å². The van der Waals surface area contributed by atoms with E-state index in [9.17, 15) is 14.4 Å². The first-order chi connectivity index (χ1) is 11.5. The van der Waals surface area contributed by atoms with E-state index in [4.69, 9.17) is 6.57 Å². The van der Waals surface area contributed by atoms with E-state index in [-0.39, 0.29) is 18.9 Å². The fraction of sp³-hybridized carbons (Fsp3) is 0.375. The summed E-state index contributed by atoms with van der Waals surface area (Å²) in [5.74, 6) is -0.616. The molecule has 0 bridgehead atoms. The Morgan fingerprint density at radius 1 is 1.38 bits per heavy atom. The van der Waals surface area contributed by atoms with Crippen molar-refractivity contribution in [3.05, 3.63) is 35.7 Å². The topological polar surface area (TPSA) is 92.1 Å². The average Bonchev–Trinajstić information content (AvgIpc) is 2.95. The number of nitrogens with one attached hydrogen (secondary N) is 2. The molecule has 3 amide bonds. The van der Waals surface area contributed by atoms with Gasteiger partial charge in [0.25, 0.3) is 0 Å². The molecule has 126 valence electrons. The van der Waals surface area contributed by atoms with Crippen molar-refractivity contribution >= 4 is 29.3 Å². The number of ether oxygens (including phenoxy) is 1. The Labute approximate surface area is 139 Å². The number of carbonyl (C=O) groups excluding carboxylic acids is 3. The molecule has 0 aliphatic carbocycles. The number of esters is 1. The molecule has 0 radical (unpaired) electrons. The summed E-state index contributed by atoms with van der Waals surface area (Å²) in [4.78, 5) is 40.0. The number of benzene rings is 1. The number of methoxy groups -OCH3 is 1. The maximum Gasteiger partial charge on any atom is 0.315 e. The Kier molecular flexibility index (Phi) is 5.73. The van der Waals surface area contributed by atoms with Gasteiger partial charge in [-0.1, -0.05) is 12.1 Å². The lowest BCUT2D eigenvalue weighted by Gasteiger charge is -2.17. The van der Waals surface area contributed by atoms with Gasteiger partial charge in [-0.3, -0.25) is 9.59 Å². The summed E-state index contributed by atoms with van der Waals surface area (Å²) in [6, 6.07) is 5.62. The molecule has 8 heteroatoms. The van der Waals surface area contributed by atoms with Gasteiger partial charge in [-0.05, 0) is 18.6 Å². The molecule has 1 saturated heterocycles. The fourth-order valence-electron chi connectivity index (χ4n) is 2.37. The van der Waals surface area contributed by atoms with E-state index < -0.39 is 18.0 Å². The highest BCUT2D eigenvalue weighted by atomic mass is 16.5. The number of carbonyl (C=O) groups is 3. The van der Waals surface area contributed by atoms with Gasteiger partial charge >= 0.3 is 12.0 Å². The molecule has 1 aliphatic heterocycles. The van der Waals surface area contributed by atoms with Gasteiger partial charge in [0, 0.05) is 18.8 Å². The van der Waals surface area contributed by atoms with E-state index in [2.05, 4.69) is 20.2 Å². The van der Waals surface area contributed by atoms with Crippen LogP contribution in [0.2, 0.25) is 0 Å². The van der Waals surface area contributed by atoms with Crippen LogP contribution < -0.4 is 15.5 Å². The molecule has 24 heavy (non-hydrogen) atoms. The van der Waals surface area contributed by atoms with Crippen molar-refractivity contribution in [2.75, 3.05) is 25.1 Å². The van der Waals surface area contributed by atoms with Crippen molar-refractivity contribution in [2.45, 2.75) is 18.9 Å². The summed E-state index contributed by atoms with van der Waals surface area (Å²) in [5.41, 5.74) is 1.20. The Morgan fingerprint density at radius 2 is 2.08 bits per heavy atom. The molecule has 1 aromatic rings. The monoisotopic (exact) mass is 330 g/mol. The summed E-state index contributed by atoms with van der Waals surface area (Å²) in [6.07, 6.45) is 0.565. The van der Waals surface area contributed by atoms with Crippen molar-refractivity contribution in [3.63, 3.8) is 0 Å². The van der Waals surface area contributed by atoms with Crippen LogP contribution in [0.15, 0.2) is 24.3 Å². The lowest BCUT2D eigenvalue weighted by Crippen LogP contribution is -2.46. The molecule has 1 aliphatic rings. The summed E-state index contributed by atoms with van der Waals surface area (Å²) in [5, 5.41) is 5.11. The third-order valence-corrected chi connectivity index (χ3v) is 3.64. The minimum Gasteiger partial charge on any atom is -0.469 e. The predicted octanol–water partition coefficient (Wildman–Crippen LogP) is 1.20. The molecule has 1 unspecified atom stereocenters. The van der Waals surface area contributed by atoms with E-state index in [1.54, 1.807) is 29.2 Å². The summed E-state index contributed by atoms with van der Waals surface area (Å²) >= 11 is 0. The van der Waals surface area contributed by atoms with Crippen LogP contribution in [0.25, 0.3) is 4.85 Å². The number of rotatable bonds is 5. The van der Waals surface area contributed by atoms with E-state index >= 15 is 0 Å². The zero-order valence-electron chi connectivity index (χ0n) is 13.2. The Balaban J connectivity index is 1.85. The third kappa shape index (κ3) is 4.23. The van der Waals surface area contributed by atoms with E-state index in [1.807, 2.05) is 0 Å². The molecule has 0 spiro atoms. The van der Waals surface area contributed by atoms with Crippen LogP contribution in [0.4, 0.5) is 16.2 Å². The molecule has 1 atom stereocenters. The van der Waals surface area contributed by atoms with Crippen LogP contribution in [0.5, 0.6) is 0 Å². The molecule has 8 nitrogen and oxygen atoms in total. The highest BCUT2D eigenvalue weighted by molar-refractivity contribution is 6.01. The van der Waals surface area contributed by atoms with Gasteiger partial charge in [0.05, 0.1) is 20.1 Å². The van der Waals surface area contributed by atoms with Crippen LogP contribution in [0.1, 0.15) is 12.8 Å². The van der Waals surface area contributed by atoms with Crippen LogP contribution in [0.3, 0.4) is 0 Å². The molecule has 0 aromatic heterocycles. The second-order valence-electron chi connectivity index (χ2n) is 5.19. The highest BCUT2D eigenvalue weighted by Gasteiger charge is 2.33. The van der Waals surface area contributed by atoms with Crippen LogP contribution >= 0.6 is 0 Å². The van der Waals surface area contributed by atoms with Crippen molar-refractivity contribution in [1.82, 2.24) is 10.6 Å². The minimum absolute atomic E-state index is 0.0715. The first kappa shape index (κ1) is 17.3. The van der Waals surface area contributed by atoms with Gasteiger partial charge in [0.2, 0.25) is 5.91 Å². The first-order valence-electron chi connectivity index (χ1n) is 7.45. The molecular formula is C16H18N4O4. The molecule has 2 N–H and O–H groups in total. The maximum atomic E-state index is 12.4. The molecule has 1 aromatic carbocycles. The second-order valence-corrected chi connectivity index (χ2v) is 5.19. The summed E-state index contributed by atoms with van der Waals surface area (Å²) < 4.78 is 4.47. The normalized spacial score (nSPS) is 16.4. The summed E-state index contributed by atoms with van der Waals surface area (Å²) in [7, 11) is 1.28. The lowest BCUT2D eigenvalue weighted by molar-refractivity contribution is -0.140. The van der Waals surface area contributed by atoms with Crippen molar-refractivity contribution < 1.29 is 19.1 Å². The minimum atomic E-state index is -0.608. The zero-order chi connectivity index (χ0) is 17.5. The van der Waals surface area contributed by atoms with Gasteiger partial charge in [-0.2, -0.15) is 0 Å². The van der Waals surface area contributed by atoms with Gasteiger partial charge in [0.1, 0.15) is 6.04 Å². The van der Waals surface area contributed by atoms with E-state index in [0.717, 1.165) is 0 Å². The first-order valence-corrected chi connectivity index (χ1v) is 7.45. The highest BCUT2D eigenvalue weighted by Crippen LogP contribution is 2.24. The summed E-state index contributed by atoms with van der Waals surface area (Å²) in [6.45, 7) is 7.56. The predicted molar refractivity (Wildman–Crippen MR) is 86.6 cm³/mol. The fourth-order valence-corrected chi connectivity index (χ4v) is 2.37.